The van der Waals surface area contributed by atoms with E-state index in [1.54, 1.807) is 12.2 Å². The van der Waals surface area contributed by atoms with E-state index in [9.17, 15) is 35.2 Å². The lowest BCUT2D eigenvalue weighted by Crippen LogP contribution is -2.42. The Labute approximate surface area is 171 Å². The second-order valence-corrected chi connectivity index (χ2v) is 7.02. The van der Waals surface area contributed by atoms with Crippen LogP contribution in [0.2, 0.25) is 0 Å². The van der Waals surface area contributed by atoms with E-state index in [4.69, 9.17) is 0 Å². The molecular formula is C20H33N2O7. The van der Waals surface area contributed by atoms with Crippen LogP contribution in [0.25, 0.3) is 0 Å². The standard InChI is InChI=1S/C20H33N2O7/c1-2-3-10-14-19(24)18(22(28)29)16-20(25)17(21(26)27)13-11-8-6-4-5-7-9-12-15-23/h4-5,8,11,17-20,24-25H,2-3,6-7,9-10,12-14,16H2,1H3/b5-4-,11-8-. The zero-order valence-corrected chi connectivity index (χ0v) is 17.0. The molecule has 0 heterocycles. The molecule has 1 radical (unpaired) electrons. The quantitative estimate of drug-likeness (QED) is 0.152. The number of nitrogens with zero attached hydrogens (tertiary/aromatic N) is 2. The molecule has 4 unspecified atom stereocenters. The Kier molecular flexibility index (Phi) is 15.6. The van der Waals surface area contributed by atoms with Crippen molar-refractivity contribution in [2.45, 2.75) is 95.4 Å². The van der Waals surface area contributed by atoms with Gasteiger partial charge < -0.3 is 10.2 Å². The van der Waals surface area contributed by atoms with Crippen molar-refractivity contribution in [1.82, 2.24) is 0 Å². The fraction of sp³-hybridized carbons (Fsp3) is 0.750. The van der Waals surface area contributed by atoms with E-state index in [2.05, 4.69) is 0 Å². The van der Waals surface area contributed by atoms with Gasteiger partial charge in [-0.15, -0.1) is 0 Å². The topological polar surface area (TPSA) is 144 Å². The van der Waals surface area contributed by atoms with Crippen molar-refractivity contribution in [2.24, 2.45) is 0 Å². The Morgan fingerprint density at radius 1 is 0.931 bits per heavy atom. The first-order valence-electron chi connectivity index (χ1n) is 10.1. The predicted octanol–water partition coefficient (Wildman–Crippen LogP) is 3.14. The normalized spacial score (nSPS) is 16.0. The lowest BCUT2D eigenvalue weighted by Gasteiger charge is -2.20. The highest BCUT2D eigenvalue weighted by molar-refractivity contribution is 5.50. The number of allylic oxidation sites excluding steroid dienone is 3. The van der Waals surface area contributed by atoms with Crippen molar-refractivity contribution < 1.29 is 24.9 Å². The van der Waals surface area contributed by atoms with E-state index < -0.39 is 40.6 Å². The number of aliphatic hydroxyl groups excluding tert-OH is 2. The van der Waals surface area contributed by atoms with Gasteiger partial charge in [0.2, 0.25) is 12.1 Å². The number of unbranched alkanes of at least 4 members (excludes halogenated alkanes) is 4. The van der Waals surface area contributed by atoms with Gasteiger partial charge in [-0.25, -0.2) is 0 Å². The van der Waals surface area contributed by atoms with E-state index in [0.29, 0.717) is 19.3 Å². The van der Waals surface area contributed by atoms with Crippen LogP contribution in [0.4, 0.5) is 0 Å². The Bertz CT molecular complexity index is 537. The summed E-state index contributed by atoms with van der Waals surface area (Å²) in [7, 11) is 0. The Hall–Kier alpha value is -2.13. The van der Waals surface area contributed by atoms with Gasteiger partial charge >= 0.3 is 0 Å². The third-order valence-corrected chi connectivity index (χ3v) is 4.65. The molecule has 0 rings (SSSR count). The molecule has 165 valence electrons. The maximum Gasteiger partial charge on any atom is 0.242 e. The van der Waals surface area contributed by atoms with E-state index in [0.717, 1.165) is 25.7 Å². The maximum atomic E-state index is 11.3. The van der Waals surface area contributed by atoms with Gasteiger partial charge in [0, 0.05) is 22.7 Å². The maximum absolute atomic E-state index is 11.3. The third kappa shape index (κ3) is 12.8. The molecule has 29 heavy (non-hydrogen) atoms. The molecule has 0 aromatic heterocycles. The summed E-state index contributed by atoms with van der Waals surface area (Å²) in [4.78, 5) is 31.3. The second-order valence-electron chi connectivity index (χ2n) is 7.02. The molecule has 4 atom stereocenters. The molecule has 2 N–H and O–H groups in total. The van der Waals surface area contributed by atoms with Gasteiger partial charge in [0.05, 0.1) is 6.42 Å². The first-order chi connectivity index (χ1) is 13.8. The SMILES string of the molecule is CCCCCC(O)C(CC(O)C(C/C=C\C/C=C\CCC[C]=O)[N+](=O)[O-])[N+](=O)[O-]. The molecule has 0 aliphatic carbocycles. The van der Waals surface area contributed by atoms with Crippen LogP contribution >= 0.6 is 0 Å². The zero-order chi connectivity index (χ0) is 22.1. The van der Waals surface area contributed by atoms with Gasteiger partial charge in [-0.2, -0.15) is 0 Å². The van der Waals surface area contributed by atoms with Crippen LogP contribution in [-0.2, 0) is 4.79 Å². The minimum absolute atomic E-state index is 0.0571. The molecule has 9 heteroatoms. The predicted molar refractivity (Wildman–Crippen MR) is 109 cm³/mol. The highest BCUT2D eigenvalue weighted by Gasteiger charge is 2.38. The van der Waals surface area contributed by atoms with Crippen molar-refractivity contribution in [1.29, 1.82) is 0 Å². The molecule has 0 aliphatic rings. The number of aliphatic hydroxyl groups is 2. The summed E-state index contributed by atoms with van der Waals surface area (Å²) in [5.41, 5.74) is 0. The molecule has 0 fully saturated rings. The first kappa shape index (κ1) is 26.9. The van der Waals surface area contributed by atoms with Crippen LogP contribution in [0.1, 0.15) is 71.1 Å². The second kappa shape index (κ2) is 16.8. The summed E-state index contributed by atoms with van der Waals surface area (Å²) in [5, 5.41) is 42.8. The van der Waals surface area contributed by atoms with Crippen LogP contribution in [0.3, 0.4) is 0 Å². The van der Waals surface area contributed by atoms with Gasteiger partial charge in [0.15, 0.2) is 6.29 Å². The van der Waals surface area contributed by atoms with Crippen LogP contribution in [-0.4, -0.2) is 50.6 Å². The number of carbonyl (C=O) groups excluding carboxylic acids is 1. The minimum atomic E-state index is -1.53. The molecule has 9 nitrogen and oxygen atoms in total. The summed E-state index contributed by atoms with van der Waals surface area (Å²) in [5.74, 6) is 0. The van der Waals surface area contributed by atoms with Gasteiger partial charge in [0.1, 0.15) is 12.2 Å². The van der Waals surface area contributed by atoms with Gasteiger partial charge in [-0.3, -0.25) is 25.0 Å². The highest BCUT2D eigenvalue weighted by atomic mass is 16.6. The molecule has 0 aliphatic heterocycles. The summed E-state index contributed by atoms with van der Waals surface area (Å²) in [6, 6.07) is -2.80. The van der Waals surface area contributed by atoms with Crippen LogP contribution in [0.5, 0.6) is 0 Å². The fourth-order valence-corrected chi connectivity index (χ4v) is 2.88. The molecule has 0 aromatic rings. The largest absolute Gasteiger partial charge is 0.386 e. The molecule has 0 saturated heterocycles. The average molecular weight is 413 g/mol. The highest BCUT2D eigenvalue weighted by Crippen LogP contribution is 2.18. The van der Waals surface area contributed by atoms with Gasteiger partial charge in [-0.1, -0.05) is 50.5 Å². The van der Waals surface area contributed by atoms with Gasteiger partial charge in [-0.05, 0) is 25.7 Å². The first-order valence-corrected chi connectivity index (χ1v) is 10.1. The molecule has 0 saturated carbocycles. The van der Waals surface area contributed by atoms with Gasteiger partial charge in [0.25, 0.3) is 0 Å². The summed E-state index contributed by atoms with van der Waals surface area (Å²) in [6.07, 6.45) is 10.6. The smallest absolute Gasteiger partial charge is 0.242 e. The minimum Gasteiger partial charge on any atom is -0.386 e. The van der Waals surface area contributed by atoms with Crippen molar-refractivity contribution in [3.8, 4) is 0 Å². The van der Waals surface area contributed by atoms with Crippen LogP contribution in [0.15, 0.2) is 24.3 Å². The third-order valence-electron chi connectivity index (χ3n) is 4.65. The van der Waals surface area contributed by atoms with Crippen molar-refractivity contribution >= 4 is 6.29 Å². The molecule has 0 amide bonds. The number of hydrogen-bond donors (Lipinski definition) is 2. The molecule has 0 bridgehead atoms. The van der Waals surface area contributed by atoms with E-state index in [-0.39, 0.29) is 12.8 Å². The van der Waals surface area contributed by atoms with E-state index in [1.165, 1.54) is 0 Å². The van der Waals surface area contributed by atoms with E-state index in [1.807, 2.05) is 25.4 Å². The summed E-state index contributed by atoms with van der Waals surface area (Å²) in [6.45, 7) is 1.97. The Balaban J connectivity index is 4.63. The van der Waals surface area contributed by atoms with Crippen molar-refractivity contribution in [3.63, 3.8) is 0 Å². The summed E-state index contributed by atoms with van der Waals surface area (Å²) >= 11 is 0. The number of rotatable bonds is 18. The molecule has 0 aromatic carbocycles. The molecule has 0 spiro atoms. The molecular weight excluding hydrogens is 380 g/mol. The van der Waals surface area contributed by atoms with Crippen LogP contribution in [0, 0.1) is 20.2 Å². The average Bonchev–Trinajstić information content (AvgIpc) is 2.67. The lowest BCUT2D eigenvalue weighted by molar-refractivity contribution is -0.553. The Morgan fingerprint density at radius 2 is 1.59 bits per heavy atom. The summed E-state index contributed by atoms with van der Waals surface area (Å²) < 4.78 is 0. The van der Waals surface area contributed by atoms with E-state index >= 15 is 0 Å². The monoisotopic (exact) mass is 413 g/mol. The van der Waals surface area contributed by atoms with Crippen molar-refractivity contribution in [2.75, 3.05) is 0 Å². The Morgan fingerprint density at radius 3 is 2.17 bits per heavy atom. The number of nitro groups is 2. The lowest BCUT2D eigenvalue weighted by atomic mass is 9.95. The zero-order valence-electron chi connectivity index (χ0n) is 17.0. The fourth-order valence-electron chi connectivity index (χ4n) is 2.88. The van der Waals surface area contributed by atoms with Crippen LogP contribution < -0.4 is 0 Å². The number of hydrogen-bond acceptors (Lipinski definition) is 7. The van der Waals surface area contributed by atoms with Crippen molar-refractivity contribution in [3.05, 3.63) is 44.5 Å².